The van der Waals surface area contributed by atoms with E-state index >= 15 is 0 Å². The van der Waals surface area contributed by atoms with Crippen LogP contribution < -0.4 is 5.32 Å². The molecule has 6 heteroatoms. The van der Waals surface area contributed by atoms with Gasteiger partial charge in [0, 0.05) is 11.6 Å². The lowest BCUT2D eigenvalue weighted by atomic mass is 10.0. The molecular formula is C21H22N2O4. The van der Waals surface area contributed by atoms with E-state index in [0.29, 0.717) is 17.2 Å². The van der Waals surface area contributed by atoms with Crippen molar-refractivity contribution in [1.82, 2.24) is 0 Å². The Bertz CT molecular complexity index is 899. The summed E-state index contributed by atoms with van der Waals surface area (Å²) >= 11 is 0. The quantitative estimate of drug-likeness (QED) is 0.614. The van der Waals surface area contributed by atoms with E-state index in [-0.39, 0.29) is 11.4 Å². The lowest BCUT2D eigenvalue weighted by molar-refractivity contribution is -0.142. The number of furan rings is 1. The first-order valence-corrected chi connectivity index (χ1v) is 8.56. The predicted octanol–water partition coefficient (Wildman–Crippen LogP) is 4.09. The number of amides is 1. The number of nitrogens with zero attached hydrogens (tertiary/aromatic N) is 1. The third kappa shape index (κ3) is 5.32. The Hall–Kier alpha value is -3.33. The number of carbonyl (C=O) groups is 2. The van der Waals surface area contributed by atoms with Crippen molar-refractivity contribution in [3.63, 3.8) is 0 Å². The van der Waals surface area contributed by atoms with Crippen molar-refractivity contribution in [3.05, 3.63) is 58.4 Å². The highest BCUT2D eigenvalue weighted by molar-refractivity contribution is 5.94. The molecule has 0 aliphatic carbocycles. The van der Waals surface area contributed by atoms with Gasteiger partial charge in [0.2, 0.25) is 5.88 Å². The minimum Gasteiger partial charge on any atom is -0.452 e. The van der Waals surface area contributed by atoms with Crippen molar-refractivity contribution >= 4 is 23.8 Å². The fraction of sp³-hybridized carbons (Fsp3) is 0.286. The summed E-state index contributed by atoms with van der Waals surface area (Å²) in [4.78, 5) is 23.7. The Kier molecular flexibility index (Phi) is 6.56. The lowest BCUT2D eigenvalue weighted by Gasteiger charge is -2.05. The SMILES string of the molecule is Cc1oc(NC(=O)COC(=O)/C=C/c2ccc(C(C)C)cc2)c(C#N)c1C. The van der Waals surface area contributed by atoms with Crippen LogP contribution in [0.15, 0.2) is 34.8 Å². The summed E-state index contributed by atoms with van der Waals surface area (Å²) in [5.74, 6) is -0.164. The Labute approximate surface area is 158 Å². The maximum Gasteiger partial charge on any atom is 0.331 e. The number of rotatable bonds is 6. The third-order valence-corrected chi connectivity index (χ3v) is 4.11. The van der Waals surface area contributed by atoms with Crippen LogP contribution in [0.2, 0.25) is 0 Å². The number of esters is 1. The van der Waals surface area contributed by atoms with Gasteiger partial charge in [-0.25, -0.2) is 4.79 Å². The summed E-state index contributed by atoms with van der Waals surface area (Å²) in [7, 11) is 0. The van der Waals surface area contributed by atoms with Crippen molar-refractivity contribution in [2.75, 3.05) is 11.9 Å². The van der Waals surface area contributed by atoms with E-state index < -0.39 is 18.5 Å². The van der Waals surface area contributed by atoms with Gasteiger partial charge in [0.1, 0.15) is 17.4 Å². The van der Waals surface area contributed by atoms with E-state index in [1.54, 1.807) is 19.9 Å². The van der Waals surface area contributed by atoms with E-state index in [1.807, 2.05) is 30.3 Å². The second-order valence-electron chi connectivity index (χ2n) is 6.41. The van der Waals surface area contributed by atoms with Crippen LogP contribution in [0.25, 0.3) is 6.08 Å². The Morgan fingerprint density at radius 3 is 2.52 bits per heavy atom. The Morgan fingerprint density at radius 1 is 1.26 bits per heavy atom. The van der Waals surface area contributed by atoms with Crippen molar-refractivity contribution in [2.24, 2.45) is 0 Å². The smallest absolute Gasteiger partial charge is 0.331 e. The molecule has 0 aliphatic rings. The molecule has 1 N–H and O–H groups in total. The number of anilines is 1. The van der Waals surface area contributed by atoms with Crippen LogP contribution in [0.5, 0.6) is 0 Å². The summed E-state index contributed by atoms with van der Waals surface area (Å²) in [6.07, 6.45) is 2.89. The van der Waals surface area contributed by atoms with E-state index in [2.05, 4.69) is 19.2 Å². The van der Waals surface area contributed by atoms with Crippen LogP contribution in [-0.4, -0.2) is 18.5 Å². The molecule has 2 rings (SSSR count). The highest BCUT2D eigenvalue weighted by atomic mass is 16.5. The van der Waals surface area contributed by atoms with Gasteiger partial charge in [-0.05, 0) is 37.0 Å². The van der Waals surface area contributed by atoms with E-state index in [1.165, 1.54) is 11.6 Å². The number of ether oxygens (including phenoxy) is 1. The molecule has 0 saturated carbocycles. The van der Waals surface area contributed by atoms with Crippen LogP contribution in [0.1, 0.15) is 47.8 Å². The van der Waals surface area contributed by atoms with Gasteiger partial charge in [-0.1, -0.05) is 38.1 Å². The molecule has 1 aromatic heterocycles. The number of hydrogen-bond acceptors (Lipinski definition) is 5. The molecule has 0 spiro atoms. The summed E-state index contributed by atoms with van der Waals surface area (Å²) in [5, 5.41) is 11.6. The maximum absolute atomic E-state index is 11.9. The summed E-state index contributed by atoms with van der Waals surface area (Å²) in [5.41, 5.74) is 3.00. The maximum atomic E-state index is 11.9. The first kappa shape index (κ1) is 20.0. The first-order valence-electron chi connectivity index (χ1n) is 8.56. The Balaban J connectivity index is 1.87. The number of carbonyl (C=O) groups excluding carboxylic acids is 2. The van der Waals surface area contributed by atoms with E-state index in [9.17, 15) is 9.59 Å². The second kappa shape index (κ2) is 8.86. The minimum absolute atomic E-state index is 0.0642. The fourth-order valence-corrected chi connectivity index (χ4v) is 2.35. The number of hydrogen-bond donors (Lipinski definition) is 1. The zero-order valence-corrected chi connectivity index (χ0v) is 15.8. The largest absolute Gasteiger partial charge is 0.452 e. The van der Waals surface area contributed by atoms with Crippen molar-refractivity contribution < 1.29 is 18.7 Å². The van der Waals surface area contributed by atoms with Crippen LogP contribution >= 0.6 is 0 Å². The molecule has 0 fully saturated rings. The van der Waals surface area contributed by atoms with Crippen molar-refractivity contribution in [1.29, 1.82) is 5.26 Å². The lowest BCUT2D eigenvalue weighted by Crippen LogP contribution is -2.20. The molecule has 0 unspecified atom stereocenters. The average molecular weight is 366 g/mol. The van der Waals surface area contributed by atoms with Crippen molar-refractivity contribution in [3.8, 4) is 6.07 Å². The zero-order chi connectivity index (χ0) is 20.0. The molecule has 0 aliphatic heterocycles. The molecule has 1 heterocycles. The molecule has 6 nitrogen and oxygen atoms in total. The number of benzene rings is 1. The minimum atomic E-state index is -0.634. The van der Waals surface area contributed by atoms with Gasteiger partial charge in [0.05, 0.1) is 0 Å². The average Bonchev–Trinajstić information content (AvgIpc) is 2.91. The summed E-state index contributed by atoms with van der Waals surface area (Å²) in [6, 6.07) is 9.81. The molecule has 0 radical (unpaired) electrons. The first-order chi connectivity index (χ1) is 12.8. The number of nitriles is 1. The van der Waals surface area contributed by atoms with Crippen LogP contribution in [0, 0.1) is 25.2 Å². The zero-order valence-electron chi connectivity index (χ0n) is 15.8. The fourth-order valence-electron chi connectivity index (χ4n) is 2.35. The monoisotopic (exact) mass is 366 g/mol. The number of nitrogens with one attached hydrogen (secondary N) is 1. The molecular weight excluding hydrogens is 344 g/mol. The molecule has 0 bridgehead atoms. The molecule has 2 aromatic rings. The van der Waals surface area contributed by atoms with E-state index in [4.69, 9.17) is 14.4 Å². The molecule has 27 heavy (non-hydrogen) atoms. The van der Waals surface area contributed by atoms with Gasteiger partial charge >= 0.3 is 5.97 Å². The third-order valence-electron chi connectivity index (χ3n) is 4.11. The van der Waals surface area contributed by atoms with Gasteiger partial charge in [0.15, 0.2) is 6.61 Å². The van der Waals surface area contributed by atoms with Gasteiger partial charge in [-0.2, -0.15) is 5.26 Å². The molecule has 1 aromatic carbocycles. The van der Waals surface area contributed by atoms with Gasteiger partial charge < -0.3 is 9.15 Å². The summed E-state index contributed by atoms with van der Waals surface area (Å²) in [6.45, 7) is 7.17. The van der Waals surface area contributed by atoms with Gasteiger partial charge in [-0.3, -0.25) is 10.1 Å². The van der Waals surface area contributed by atoms with Gasteiger partial charge in [0.25, 0.3) is 5.91 Å². The Morgan fingerprint density at radius 2 is 1.93 bits per heavy atom. The highest BCUT2D eigenvalue weighted by Gasteiger charge is 2.17. The topological polar surface area (TPSA) is 92.3 Å². The van der Waals surface area contributed by atoms with E-state index in [0.717, 1.165) is 5.56 Å². The predicted molar refractivity (Wildman–Crippen MR) is 102 cm³/mol. The molecule has 0 atom stereocenters. The van der Waals surface area contributed by atoms with Crippen molar-refractivity contribution in [2.45, 2.75) is 33.6 Å². The van der Waals surface area contributed by atoms with Crippen LogP contribution in [0.3, 0.4) is 0 Å². The highest BCUT2D eigenvalue weighted by Crippen LogP contribution is 2.25. The number of aryl methyl sites for hydroxylation is 1. The molecule has 1 amide bonds. The molecule has 140 valence electrons. The molecule has 0 saturated heterocycles. The van der Waals surface area contributed by atoms with Crippen LogP contribution in [-0.2, 0) is 14.3 Å². The van der Waals surface area contributed by atoms with Crippen LogP contribution in [0.4, 0.5) is 5.88 Å². The summed E-state index contributed by atoms with van der Waals surface area (Å²) < 4.78 is 10.2. The standard InChI is InChI=1S/C21H22N2O4/c1-13(2)17-8-5-16(6-9-17)7-10-20(25)26-12-19(24)23-21-18(11-22)14(3)15(4)27-21/h5-10,13H,12H2,1-4H3,(H,23,24)/b10-7+. The second-order valence-corrected chi connectivity index (χ2v) is 6.41. The van der Waals surface area contributed by atoms with Gasteiger partial charge in [-0.15, -0.1) is 0 Å². The normalized spacial score (nSPS) is 10.8.